The lowest BCUT2D eigenvalue weighted by Crippen LogP contribution is -2.42. The molecule has 0 saturated carbocycles. The fourth-order valence-electron chi connectivity index (χ4n) is 3.56. The van der Waals surface area contributed by atoms with Crippen molar-refractivity contribution in [2.24, 2.45) is 0 Å². The van der Waals surface area contributed by atoms with Gasteiger partial charge in [-0.2, -0.15) is 0 Å². The summed E-state index contributed by atoms with van der Waals surface area (Å²) < 4.78 is 5.25. The van der Waals surface area contributed by atoms with Gasteiger partial charge in [-0.15, -0.1) is 0 Å². The normalized spacial score (nSPS) is 19.3. The largest absolute Gasteiger partial charge is 0.497 e. The topological polar surface area (TPSA) is 61.9 Å². The Labute approximate surface area is 166 Å². The molecular formula is C22H27N3O3. The summed E-state index contributed by atoms with van der Waals surface area (Å²) in [5, 5.41) is 2.84. The van der Waals surface area contributed by atoms with Gasteiger partial charge < -0.3 is 10.1 Å². The number of carbonyl (C=O) groups excluding carboxylic acids is 2. The van der Waals surface area contributed by atoms with E-state index in [1.54, 1.807) is 20.1 Å². The van der Waals surface area contributed by atoms with Crippen molar-refractivity contribution in [2.45, 2.75) is 32.9 Å². The van der Waals surface area contributed by atoms with E-state index in [4.69, 9.17) is 4.74 Å². The number of benzene rings is 2. The molecule has 28 heavy (non-hydrogen) atoms. The Morgan fingerprint density at radius 2 is 1.89 bits per heavy atom. The average Bonchev–Trinajstić information content (AvgIpc) is 2.88. The lowest BCUT2D eigenvalue weighted by molar-refractivity contribution is -0.132. The second-order valence-corrected chi connectivity index (χ2v) is 7.61. The molecule has 0 aliphatic carbocycles. The van der Waals surface area contributed by atoms with Crippen LogP contribution in [0.5, 0.6) is 5.75 Å². The number of urea groups is 1. The lowest BCUT2D eigenvalue weighted by Gasteiger charge is -2.25. The molecule has 1 saturated heterocycles. The fraction of sp³-hybridized carbons (Fsp3) is 0.364. The zero-order chi connectivity index (χ0) is 20.5. The predicted octanol–water partition coefficient (Wildman–Crippen LogP) is 3.17. The van der Waals surface area contributed by atoms with E-state index in [1.165, 1.54) is 21.6 Å². The molecule has 2 aromatic rings. The molecule has 1 atom stereocenters. The highest BCUT2D eigenvalue weighted by Gasteiger charge is 2.49. The smallest absolute Gasteiger partial charge is 0.326 e. The van der Waals surface area contributed by atoms with E-state index in [1.807, 2.05) is 30.1 Å². The number of methoxy groups -OCH3 is 1. The number of amides is 3. The lowest BCUT2D eigenvalue weighted by atomic mass is 9.92. The number of imide groups is 1. The van der Waals surface area contributed by atoms with Crippen molar-refractivity contribution in [3.8, 4) is 5.75 Å². The first-order valence-corrected chi connectivity index (χ1v) is 9.28. The third kappa shape index (κ3) is 3.73. The van der Waals surface area contributed by atoms with E-state index in [2.05, 4.69) is 37.4 Å². The van der Waals surface area contributed by atoms with Gasteiger partial charge in [-0.3, -0.25) is 9.69 Å². The third-order valence-corrected chi connectivity index (χ3v) is 5.24. The minimum atomic E-state index is -1.10. The molecule has 1 heterocycles. The van der Waals surface area contributed by atoms with E-state index in [0.29, 0.717) is 17.9 Å². The summed E-state index contributed by atoms with van der Waals surface area (Å²) in [7, 11) is 3.48. The highest BCUT2D eigenvalue weighted by Crippen LogP contribution is 2.31. The first kappa shape index (κ1) is 19.9. The van der Waals surface area contributed by atoms with Crippen LogP contribution in [-0.4, -0.2) is 42.6 Å². The van der Waals surface area contributed by atoms with Crippen molar-refractivity contribution in [1.29, 1.82) is 0 Å². The maximum absolute atomic E-state index is 13.1. The van der Waals surface area contributed by atoms with Crippen LogP contribution in [0.3, 0.4) is 0 Å². The number of ether oxygens (including phenoxy) is 1. The summed E-state index contributed by atoms with van der Waals surface area (Å²) in [6.45, 7) is 6.74. The molecule has 148 valence electrons. The van der Waals surface area contributed by atoms with Gasteiger partial charge in [-0.05, 0) is 56.6 Å². The van der Waals surface area contributed by atoms with Crippen LogP contribution in [-0.2, 0) is 16.9 Å². The molecule has 0 bridgehead atoms. The maximum atomic E-state index is 13.1. The minimum Gasteiger partial charge on any atom is -0.497 e. The van der Waals surface area contributed by atoms with Crippen LogP contribution in [0, 0.1) is 13.8 Å². The van der Waals surface area contributed by atoms with E-state index in [9.17, 15) is 9.59 Å². The number of aryl methyl sites for hydroxylation is 2. The molecule has 1 N–H and O–H groups in total. The van der Waals surface area contributed by atoms with E-state index in [0.717, 1.165) is 0 Å². The monoisotopic (exact) mass is 381 g/mol. The molecule has 3 amide bonds. The number of carbonyl (C=O) groups is 2. The Bertz CT molecular complexity index is 912. The third-order valence-electron chi connectivity index (χ3n) is 5.24. The molecule has 0 spiro atoms. The number of hydrogen-bond acceptors (Lipinski definition) is 4. The number of hydrogen-bond donors (Lipinski definition) is 1. The Morgan fingerprint density at radius 1 is 1.14 bits per heavy atom. The Morgan fingerprint density at radius 3 is 2.57 bits per heavy atom. The highest BCUT2D eigenvalue weighted by molar-refractivity contribution is 6.07. The molecule has 2 aromatic carbocycles. The van der Waals surface area contributed by atoms with Gasteiger partial charge >= 0.3 is 6.03 Å². The zero-order valence-electron chi connectivity index (χ0n) is 17.1. The van der Waals surface area contributed by atoms with Gasteiger partial charge in [0.05, 0.1) is 13.8 Å². The van der Waals surface area contributed by atoms with Gasteiger partial charge in [-0.25, -0.2) is 9.69 Å². The van der Waals surface area contributed by atoms with Gasteiger partial charge in [0.25, 0.3) is 5.91 Å². The van der Waals surface area contributed by atoms with Gasteiger partial charge in [0.1, 0.15) is 11.3 Å². The number of rotatable bonds is 6. The van der Waals surface area contributed by atoms with Gasteiger partial charge in [-0.1, -0.05) is 35.9 Å². The molecule has 0 radical (unpaired) electrons. The maximum Gasteiger partial charge on any atom is 0.326 e. The van der Waals surface area contributed by atoms with Crippen molar-refractivity contribution in [1.82, 2.24) is 15.1 Å². The summed E-state index contributed by atoms with van der Waals surface area (Å²) in [6, 6.07) is 13.1. The summed E-state index contributed by atoms with van der Waals surface area (Å²) in [5.41, 5.74) is 3.18. The first-order valence-electron chi connectivity index (χ1n) is 9.28. The van der Waals surface area contributed by atoms with Crippen molar-refractivity contribution in [2.75, 3.05) is 20.8 Å². The molecule has 1 aliphatic rings. The molecule has 1 fully saturated rings. The summed E-state index contributed by atoms with van der Waals surface area (Å²) in [4.78, 5) is 28.9. The summed E-state index contributed by atoms with van der Waals surface area (Å²) in [5.74, 6) is 0.379. The van der Waals surface area contributed by atoms with Crippen LogP contribution in [0.15, 0.2) is 42.5 Å². The fourth-order valence-corrected chi connectivity index (χ4v) is 3.56. The van der Waals surface area contributed by atoms with E-state index in [-0.39, 0.29) is 18.6 Å². The predicted molar refractivity (Wildman–Crippen MR) is 108 cm³/mol. The standard InChI is InChI=1S/C22H27N3O3/c1-15-9-10-17(16(2)11-15)13-24(4)14-25-20(26)22(3,23-21(25)27)18-7-6-8-19(12-18)28-5/h6-12H,13-14H2,1-5H3,(H,23,27)/t22-/m0/s1. The summed E-state index contributed by atoms with van der Waals surface area (Å²) >= 11 is 0. The summed E-state index contributed by atoms with van der Waals surface area (Å²) in [6.07, 6.45) is 0. The van der Waals surface area contributed by atoms with E-state index >= 15 is 0 Å². The Balaban J connectivity index is 1.76. The van der Waals surface area contributed by atoms with Crippen molar-refractivity contribution >= 4 is 11.9 Å². The van der Waals surface area contributed by atoms with Gasteiger partial charge in [0.2, 0.25) is 0 Å². The van der Waals surface area contributed by atoms with Crippen molar-refractivity contribution in [3.05, 3.63) is 64.7 Å². The molecule has 0 unspecified atom stereocenters. The average molecular weight is 381 g/mol. The van der Waals surface area contributed by atoms with Gasteiger partial charge in [0, 0.05) is 6.54 Å². The van der Waals surface area contributed by atoms with Crippen LogP contribution < -0.4 is 10.1 Å². The van der Waals surface area contributed by atoms with Crippen molar-refractivity contribution in [3.63, 3.8) is 0 Å². The Kier molecular flexibility index (Phi) is 5.42. The van der Waals surface area contributed by atoms with Crippen LogP contribution in [0.2, 0.25) is 0 Å². The molecule has 3 rings (SSSR count). The molecule has 6 heteroatoms. The number of nitrogens with one attached hydrogen (secondary N) is 1. The SMILES string of the molecule is COc1cccc([C@]2(C)NC(=O)N(CN(C)Cc3ccc(C)cc3C)C2=O)c1. The molecule has 6 nitrogen and oxygen atoms in total. The van der Waals surface area contributed by atoms with E-state index < -0.39 is 5.54 Å². The quantitative estimate of drug-likeness (QED) is 0.781. The molecule has 0 aromatic heterocycles. The molecular weight excluding hydrogens is 354 g/mol. The Hall–Kier alpha value is -2.86. The zero-order valence-corrected chi connectivity index (χ0v) is 17.1. The second-order valence-electron chi connectivity index (χ2n) is 7.61. The highest BCUT2D eigenvalue weighted by atomic mass is 16.5. The van der Waals surface area contributed by atoms with Crippen LogP contribution in [0.4, 0.5) is 4.79 Å². The van der Waals surface area contributed by atoms with Crippen LogP contribution in [0.1, 0.15) is 29.2 Å². The van der Waals surface area contributed by atoms with Crippen molar-refractivity contribution < 1.29 is 14.3 Å². The van der Waals surface area contributed by atoms with Crippen LogP contribution in [0.25, 0.3) is 0 Å². The second kappa shape index (κ2) is 7.64. The van der Waals surface area contributed by atoms with Crippen LogP contribution >= 0.6 is 0 Å². The number of nitrogens with zero attached hydrogens (tertiary/aromatic N) is 2. The first-order chi connectivity index (χ1) is 13.2. The van der Waals surface area contributed by atoms with Gasteiger partial charge in [0.15, 0.2) is 0 Å². The molecule has 1 aliphatic heterocycles. The minimum absolute atomic E-state index is 0.220.